The highest BCUT2D eigenvalue weighted by Crippen LogP contribution is 2.26. The topological polar surface area (TPSA) is 81.8 Å². The van der Waals surface area contributed by atoms with Crippen LogP contribution < -0.4 is 15.2 Å². The van der Waals surface area contributed by atoms with Crippen LogP contribution in [-0.2, 0) is 6.61 Å². The monoisotopic (exact) mass is 291 g/mol. The van der Waals surface area contributed by atoms with Crippen LogP contribution in [0.4, 0.5) is 10.1 Å². The van der Waals surface area contributed by atoms with Gasteiger partial charge in [0.2, 0.25) is 0 Å². The van der Waals surface area contributed by atoms with Gasteiger partial charge < -0.3 is 20.3 Å². The summed E-state index contributed by atoms with van der Waals surface area (Å²) in [7, 11) is 1.36. The number of rotatable bonds is 5. The highest BCUT2D eigenvalue weighted by molar-refractivity contribution is 5.96. The van der Waals surface area contributed by atoms with Crippen molar-refractivity contribution in [1.29, 1.82) is 0 Å². The molecule has 0 radical (unpaired) electrons. The average molecular weight is 291 g/mol. The lowest BCUT2D eigenvalue weighted by Crippen LogP contribution is -2.07. The van der Waals surface area contributed by atoms with E-state index in [4.69, 9.17) is 20.3 Å². The standard InChI is InChI=1S/C15H14FNO4/c1-20-12-7-2-4-9(14(12)16)8-21-11-6-3-5-10(17)13(11)15(18)19/h2-7H,8,17H2,1H3,(H,18,19). The quantitative estimate of drug-likeness (QED) is 0.828. The van der Waals surface area contributed by atoms with Crippen molar-refractivity contribution < 1.29 is 23.8 Å². The molecule has 0 unspecified atom stereocenters. The van der Waals surface area contributed by atoms with Crippen molar-refractivity contribution in [2.45, 2.75) is 6.61 Å². The van der Waals surface area contributed by atoms with E-state index in [0.29, 0.717) is 0 Å². The molecule has 6 heteroatoms. The van der Waals surface area contributed by atoms with Crippen LogP contribution in [0, 0.1) is 5.82 Å². The third-order valence-corrected chi connectivity index (χ3v) is 2.92. The van der Waals surface area contributed by atoms with Crippen LogP contribution in [0.1, 0.15) is 15.9 Å². The smallest absolute Gasteiger partial charge is 0.341 e. The molecule has 0 aliphatic rings. The Kier molecular flexibility index (Phi) is 4.27. The first kappa shape index (κ1) is 14.6. The molecule has 5 nitrogen and oxygen atoms in total. The number of ether oxygens (including phenoxy) is 2. The summed E-state index contributed by atoms with van der Waals surface area (Å²) >= 11 is 0. The maximum absolute atomic E-state index is 14.0. The SMILES string of the molecule is COc1cccc(COc2cccc(N)c2C(=O)O)c1F. The first-order valence-corrected chi connectivity index (χ1v) is 6.10. The lowest BCUT2D eigenvalue weighted by molar-refractivity contribution is 0.0693. The van der Waals surface area contributed by atoms with Crippen LogP contribution in [0.15, 0.2) is 36.4 Å². The number of aromatic carboxylic acids is 1. The van der Waals surface area contributed by atoms with Gasteiger partial charge in [0, 0.05) is 11.3 Å². The van der Waals surface area contributed by atoms with E-state index in [-0.39, 0.29) is 34.9 Å². The zero-order valence-electron chi connectivity index (χ0n) is 11.3. The van der Waals surface area contributed by atoms with Crippen molar-refractivity contribution in [3.63, 3.8) is 0 Å². The molecule has 2 aromatic rings. The summed E-state index contributed by atoms with van der Waals surface area (Å²) in [6.45, 7) is -0.132. The van der Waals surface area contributed by atoms with Crippen molar-refractivity contribution >= 4 is 11.7 Å². The number of benzene rings is 2. The van der Waals surface area contributed by atoms with E-state index in [2.05, 4.69) is 0 Å². The van der Waals surface area contributed by atoms with Gasteiger partial charge in [0.15, 0.2) is 11.6 Å². The molecule has 0 spiro atoms. The van der Waals surface area contributed by atoms with E-state index in [1.807, 2.05) is 0 Å². The largest absolute Gasteiger partial charge is 0.494 e. The van der Waals surface area contributed by atoms with E-state index in [1.54, 1.807) is 12.1 Å². The minimum atomic E-state index is -1.20. The number of halogens is 1. The normalized spacial score (nSPS) is 10.2. The first-order chi connectivity index (χ1) is 10.0. The Labute approximate surface area is 120 Å². The Morgan fingerprint density at radius 3 is 2.57 bits per heavy atom. The second kappa shape index (κ2) is 6.13. The Bertz CT molecular complexity index is 673. The van der Waals surface area contributed by atoms with Crippen LogP contribution in [0.2, 0.25) is 0 Å². The predicted octanol–water partition coefficient (Wildman–Crippen LogP) is 2.69. The van der Waals surface area contributed by atoms with Gasteiger partial charge in [-0.2, -0.15) is 0 Å². The minimum Gasteiger partial charge on any atom is -0.494 e. The molecular weight excluding hydrogens is 277 g/mol. The van der Waals surface area contributed by atoms with Gasteiger partial charge in [-0.1, -0.05) is 18.2 Å². The third kappa shape index (κ3) is 3.05. The number of carbonyl (C=O) groups is 1. The highest BCUT2D eigenvalue weighted by Gasteiger charge is 2.16. The van der Waals surface area contributed by atoms with Gasteiger partial charge in [0.25, 0.3) is 0 Å². The second-order valence-electron chi connectivity index (χ2n) is 4.25. The van der Waals surface area contributed by atoms with E-state index in [9.17, 15) is 9.18 Å². The van der Waals surface area contributed by atoms with E-state index in [1.165, 1.54) is 31.4 Å². The molecule has 0 amide bonds. The van der Waals surface area contributed by atoms with Gasteiger partial charge in [0.05, 0.1) is 7.11 Å². The molecule has 2 aromatic carbocycles. The number of hydrogen-bond acceptors (Lipinski definition) is 4. The molecular formula is C15H14FNO4. The Morgan fingerprint density at radius 1 is 1.24 bits per heavy atom. The Morgan fingerprint density at radius 2 is 1.90 bits per heavy atom. The molecule has 0 aliphatic heterocycles. The maximum atomic E-state index is 14.0. The zero-order valence-corrected chi connectivity index (χ0v) is 11.3. The van der Waals surface area contributed by atoms with Gasteiger partial charge in [-0.3, -0.25) is 0 Å². The zero-order chi connectivity index (χ0) is 15.4. The molecule has 0 atom stereocenters. The summed E-state index contributed by atoms with van der Waals surface area (Å²) < 4.78 is 24.2. The van der Waals surface area contributed by atoms with Crippen LogP contribution in [-0.4, -0.2) is 18.2 Å². The Hall–Kier alpha value is -2.76. The van der Waals surface area contributed by atoms with Crippen molar-refractivity contribution in [2.24, 2.45) is 0 Å². The van der Waals surface area contributed by atoms with Crippen molar-refractivity contribution in [2.75, 3.05) is 12.8 Å². The van der Waals surface area contributed by atoms with Gasteiger partial charge in [-0.25, -0.2) is 9.18 Å². The molecule has 0 heterocycles. The maximum Gasteiger partial charge on any atom is 0.341 e. The number of anilines is 1. The summed E-state index contributed by atoms with van der Waals surface area (Å²) in [6.07, 6.45) is 0. The summed E-state index contributed by atoms with van der Waals surface area (Å²) in [4.78, 5) is 11.2. The van der Waals surface area contributed by atoms with Gasteiger partial charge in [0.1, 0.15) is 17.9 Å². The first-order valence-electron chi connectivity index (χ1n) is 6.10. The number of hydrogen-bond donors (Lipinski definition) is 2. The van der Waals surface area contributed by atoms with Crippen LogP contribution in [0.5, 0.6) is 11.5 Å². The van der Waals surface area contributed by atoms with E-state index >= 15 is 0 Å². The van der Waals surface area contributed by atoms with Crippen molar-refractivity contribution in [3.05, 3.63) is 53.3 Å². The fourth-order valence-corrected chi connectivity index (χ4v) is 1.88. The molecule has 2 rings (SSSR count). The molecule has 0 aliphatic carbocycles. The molecule has 110 valence electrons. The predicted molar refractivity (Wildman–Crippen MR) is 75.1 cm³/mol. The third-order valence-electron chi connectivity index (χ3n) is 2.92. The lowest BCUT2D eigenvalue weighted by Gasteiger charge is -2.12. The minimum absolute atomic E-state index is 0.0877. The number of carboxylic acid groups (broad SMARTS) is 1. The molecule has 0 saturated heterocycles. The average Bonchev–Trinajstić information content (AvgIpc) is 2.45. The van der Waals surface area contributed by atoms with E-state index < -0.39 is 11.8 Å². The summed E-state index contributed by atoms with van der Waals surface area (Å²) in [6, 6.07) is 9.14. The second-order valence-corrected chi connectivity index (χ2v) is 4.25. The van der Waals surface area contributed by atoms with Crippen molar-refractivity contribution in [1.82, 2.24) is 0 Å². The van der Waals surface area contributed by atoms with Crippen molar-refractivity contribution in [3.8, 4) is 11.5 Å². The number of nitrogen functional groups attached to an aromatic ring is 1. The van der Waals surface area contributed by atoms with Crippen LogP contribution in [0.25, 0.3) is 0 Å². The van der Waals surface area contributed by atoms with Gasteiger partial charge in [-0.15, -0.1) is 0 Å². The molecule has 3 N–H and O–H groups in total. The van der Waals surface area contributed by atoms with Gasteiger partial charge in [-0.05, 0) is 18.2 Å². The van der Waals surface area contributed by atoms with Crippen LogP contribution >= 0.6 is 0 Å². The Balaban J connectivity index is 2.25. The molecule has 21 heavy (non-hydrogen) atoms. The summed E-state index contributed by atoms with van der Waals surface area (Å²) in [5.41, 5.74) is 5.82. The summed E-state index contributed by atoms with van der Waals surface area (Å²) in [5, 5.41) is 9.13. The lowest BCUT2D eigenvalue weighted by atomic mass is 10.1. The molecule has 0 saturated carbocycles. The van der Waals surface area contributed by atoms with E-state index in [0.717, 1.165) is 0 Å². The number of methoxy groups -OCH3 is 1. The fraction of sp³-hybridized carbons (Fsp3) is 0.133. The fourth-order valence-electron chi connectivity index (χ4n) is 1.88. The molecule has 0 fully saturated rings. The highest BCUT2D eigenvalue weighted by atomic mass is 19.1. The van der Waals surface area contributed by atoms with Crippen LogP contribution in [0.3, 0.4) is 0 Å². The number of carboxylic acids is 1. The number of nitrogens with two attached hydrogens (primary N) is 1. The summed E-state index contributed by atoms with van der Waals surface area (Å²) in [5.74, 6) is -1.55. The van der Waals surface area contributed by atoms with Gasteiger partial charge >= 0.3 is 5.97 Å². The molecule has 0 bridgehead atoms. The molecule has 0 aromatic heterocycles.